The van der Waals surface area contributed by atoms with Crippen LogP contribution < -0.4 is 31.9 Å². The first-order chi connectivity index (χ1) is 49.6. The number of nitrogens with zero attached hydrogens (tertiary/aromatic N) is 9. The van der Waals surface area contributed by atoms with Gasteiger partial charge in [-0.2, -0.15) is 0 Å². The molecule has 3 fully saturated rings. The Morgan fingerprint density at radius 1 is 0.543 bits per heavy atom. The van der Waals surface area contributed by atoms with Gasteiger partial charge in [0.25, 0.3) is 5.91 Å². The van der Waals surface area contributed by atoms with Gasteiger partial charge in [-0.3, -0.25) is 57.5 Å². The maximum Gasteiger partial charge on any atom is 0.329 e. The average molecular weight is 1490 g/mol. The molecule has 12 amide bonds. The smallest absolute Gasteiger partial charge is 0.329 e. The van der Waals surface area contributed by atoms with Crippen LogP contribution in [0.15, 0.2) is 96.1 Å². The lowest BCUT2D eigenvalue weighted by atomic mass is 10.00. The first-order valence-electron chi connectivity index (χ1n) is 35.7. The minimum Gasteiger partial charge on any atom is -0.454 e. The number of esters is 1. The van der Waals surface area contributed by atoms with Crippen LogP contribution in [0.1, 0.15) is 131 Å². The summed E-state index contributed by atoms with van der Waals surface area (Å²) in [5.41, 5.74) is 10.9. The molecule has 0 aromatic heterocycles. The van der Waals surface area contributed by atoms with E-state index in [0.29, 0.717) is 29.5 Å². The molecule has 3 heterocycles. The minimum atomic E-state index is -1.40. The van der Waals surface area contributed by atoms with Crippen molar-refractivity contribution < 1.29 is 67.1 Å². The maximum absolute atomic E-state index is 15.0. The predicted octanol–water partition coefficient (Wildman–Crippen LogP) is 4.25. The summed E-state index contributed by atoms with van der Waals surface area (Å²) < 4.78 is 5.31. The van der Waals surface area contributed by atoms with Crippen molar-refractivity contribution in [2.24, 2.45) is 11.0 Å². The summed E-state index contributed by atoms with van der Waals surface area (Å²) in [7, 11) is 8.36. The van der Waals surface area contributed by atoms with Crippen LogP contribution in [0.2, 0.25) is 0 Å². The second-order valence-electron chi connectivity index (χ2n) is 28.7. The number of carbonyl (C=O) groups is 13. The summed E-state index contributed by atoms with van der Waals surface area (Å²) in [5.74, 6) is -9.88. The second-order valence-corrected chi connectivity index (χ2v) is 31.9. The Balaban J connectivity index is 1.38. The van der Waals surface area contributed by atoms with Crippen molar-refractivity contribution in [1.29, 1.82) is 0 Å². The van der Waals surface area contributed by atoms with Crippen LogP contribution in [0, 0.1) is 5.92 Å². The monoisotopic (exact) mass is 1490 g/mol. The molecule has 572 valence electrons. The van der Waals surface area contributed by atoms with E-state index in [1.54, 1.807) is 97.9 Å². The Labute approximate surface area is 623 Å². The van der Waals surface area contributed by atoms with E-state index in [2.05, 4.69) is 41.9 Å². The van der Waals surface area contributed by atoms with Crippen molar-refractivity contribution >= 4 is 98.4 Å². The number of nitrogens with one attached hydrogen (secondary N) is 6. The number of likely N-dealkylation sites (N-methyl/N-ethyl adjacent to an activating group) is 4. The number of amides is 12. The normalized spacial score (nSPS) is 26.5. The molecule has 29 nitrogen and oxygen atoms in total. The van der Waals surface area contributed by atoms with Gasteiger partial charge in [0, 0.05) is 82.0 Å². The lowest BCUT2D eigenvalue weighted by Crippen LogP contribution is -2.60. The fraction of sp³-hybridized carbons (Fsp3) is 0.581. The number of ether oxygens (including phenoxy) is 1. The van der Waals surface area contributed by atoms with E-state index in [1.807, 2.05) is 34.6 Å². The summed E-state index contributed by atoms with van der Waals surface area (Å²) >= 11 is 0. The van der Waals surface area contributed by atoms with Crippen molar-refractivity contribution in [2.75, 3.05) is 53.6 Å². The predicted molar refractivity (Wildman–Crippen MR) is 398 cm³/mol. The molecule has 1 unspecified atom stereocenters. The fourth-order valence-electron chi connectivity index (χ4n) is 12.8. The number of unbranched alkanes of at least 4 members (excludes halogenated alkanes) is 1. The molecule has 0 aliphatic carbocycles. The molecule has 2 bridgehead atoms. The van der Waals surface area contributed by atoms with Gasteiger partial charge in [-0.1, -0.05) is 159 Å². The number of hydrogen-bond donors (Lipinski definition) is 6. The zero-order valence-electron chi connectivity index (χ0n) is 62.7. The Kier molecular flexibility index (Phi) is 32.1. The van der Waals surface area contributed by atoms with E-state index < -0.39 is 162 Å². The zero-order valence-corrected chi connectivity index (χ0v) is 64.3. The van der Waals surface area contributed by atoms with Gasteiger partial charge in [-0.05, 0) is 101 Å². The van der Waals surface area contributed by atoms with Crippen molar-refractivity contribution in [2.45, 2.75) is 217 Å². The van der Waals surface area contributed by atoms with Crippen LogP contribution in [0.3, 0.4) is 0 Å². The van der Waals surface area contributed by atoms with Gasteiger partial charge in [-0.25, -0.2) is 4.79 Å². The standard InChI is InChI=1S/C74H105N15O14S2/c1-44(2)37-56-69(98)85(12)48(6)67(96)86(13)59-38-45(3)89(72(59)101)49(7)68(97)87(14)60(41-52-31-22-17-23-32-52)71(100)84(11)47(5)63(92)77-46(4)62(91)80-55(40-51-29-20-16-21-30-51)66(95)82-57(43-104-105-74(8,9)10)70(99)88-36-26-34-58(88)73(102)103-42-61(90)78-54(39-50-27-18-15-19-28-50)65(94)79-53(64(93)81-56)33-24-25-35-76-83-75/h15-23,27-32,44-49,53-60H,24-26,33-43H2,1-14H3,(H,77,92)(H,78,90)(H,79,94)(H,80,91)(H,81,93)(H,82,95)/t45?,46-,47-,48-,49-,53-,54-,55-,56-,57-,58-,59-,60-/m0/s1. The molecule has 6 N–H and O–H groups in total. The van der Waals surface area contributed by atoms with E-state index in [4.69, 9.17) is 10.3 Å². The molecule has 105 heavy (non-hydrogen) atoms. The highest BCUT2D eigenvalue weighted by Gasteiger charge is 2.48. The highest BCUT2D eigenvalue weighted by atomic mass is 33.1. The van der Waals surface area contributed by atoms with E-state index >= 15 is 0 Å². The summed E-state index contributed by atoms with van der Waals surface area (Å²) in [5, 5.41) is 20.1. The number of benzene rings is 3. The number of rotatable bonds is 16. The van der Waals surface area contributed by atoms with Crippen LogP contribution >= 0.6 is 21.6 Å². The molecule has 3 aromatic carbocycles. The number of hydrogen-bond acceptors (Lipinski definition) is 17. The fourth-order valence-corrected chi connectivity index (χ4v) is 15.3. The molecule has 3 aliphatic heterocycles. The van der Waals surface area contributed by atoms with Gasteiger partial charge < -0.3 is 66.0 Å². The van der Waals surface area contributed by atoms with E-state index in [-0.39, 0.29) is 80.9 Å². The molecule has 3 aliphatic rings. The molecule has 3 aromatic rings. The zero-order chi connectivity index (χ0) is 77.6. The van der Waals surface area contributed by atoms with Gasteiger partial charge in [0.15, 0.2) is 6.61 Å². The third-order valence-electron chi connectivity index (χ3n) is 19.1. The third kappa shape index (κ3) is 24.2. The Bertz CT molecular complexity index is 3600. The lowest BCUT2D eigenvalue weighted by Gasteiger charge is -2.37. The molecular weight excluding hydrogens is 1390 g/mol. The van der Waals surface area contributed by atoms with Crippen molar-refractivity contribution in [3.63, 3.8) is 0 Å². The quantitative estimate of drug-likeness (QED) is 0.0291. The molecule has 3 saturated heterocycles. The largest absolute Gasteiger partial charge is 0.454 e. The second kappa shape index (κ2) is 39.8. The van der Waals surface area contributed by atoms with Gasteiger partial charge in [0.2, 0.25) is 65.0 Å². The lowest BCUT2D eigenvalue weighted by molar-refractivity contribution is -0.156. The topological polar surface area (TPSA) is 372 Å². The summed E-state index contributed by atoms with van der Waals surface area (Å²) in [4.78, 5) is 200. The average Bonchev–Trinajstić information content (AvgIpc) is 1.65. The first-order valence-corrected chi connectivity index (χ1v) is 38.1. The molecule has 0 radical (unpaired) electrons. The van der Waals surface area contributed by atoms with E-state index in [0.717, 1.165) is 9.80 Å². The highest BCUT2D eigenvalue weighted by molar-refractivity contribution is 8.77. The van der Waals surface area contributed by atoms with Crippen molar-refractivity contribution in [3.05, 3.63) is 118 Å². The van der Waals surface area contributed by atoms with Gasteiger partial charge in [0.1, 0.15) is 72.5 Å². The molecule has 13 atom stereocenters. The van der Waals surface area contributed by atoms with E-state index in [9.17, 15) is 62.3 Å². The number of cyclic esters (lactones) is 1. The molecule has 6 rings (SSSR count). The van der Waals surface area contributed by atoms with Crippen molar-refractivity contribution in [3.8, 4) is 0 Å². The summed E-state index contributed by atoms with van der Waals surface area (Å²) in [6.45, 7) is 16.3. The summed E-state index contributed by atoms with van der Waals surface area (Å²) in [6, 6.07) is 10.4. The van der Waals surface area contributed by atoms with Crippen molar-refractivity contribution in [1.82, 2.24) is 61.3 Å². The molecule has 0 spiro atoms. The molecule has 0 saturated carbocycles. The Hall–Kier alpha value is -9.22. The van der Waals surface area contributed by atoms with Crippen LogP contribution in [-0.2, 0) is 86.3 Å². The third-order valence-corrected chi connectivity index (χ3v) is 22.4. The Morgan fingerprint density at radius 3 is 1.62 bits per heavy atom. The van der Waals surface area contributed by atoms with Gasteiger partial charge in [0.05, 0.1) is 0 Å². The first kappa shape index (κ1) is 84.7. The molecule has 31 heteroatoms. The molecular formula is C74H105N15O14S2. The number of azide groups is 1. The van der Waals surface area contributed by atoms with Gasteiger partial charge >= 0.3 is 5.97 Å². The van der Waals surface area contributed by atoms with Crippen LogP contribution in [0.5, 0.6) is 0 Å². The van der Waals surface area contributed by atoms with E-state index in [1.165, 1.54) is 97.1 Å². The number of carbonyl (C=O) groups excluding carboxylic acids is 13. The summed E-state index contributed by atoms with van der Waals surface area (Å²) in [6.07, 6.45) is 0.910. The number of fused-ring (bicyclic) bond motifs is 3. The highest BCUT2D eigenvalue weighted by Crippen LogP contribution is 2.36. The van der Waals surface area contributed by atoms with Crippen LogP contribution in [-0.4, -0.2) is 243 Å². The van der Waals surface area contributed by atoms with Crippen LogP contribution in [0.4, 0.5) is 0 Å². The minimum absolute atomic E-state index is 0.000910. The Morgan fingerprint density at radius 2 is 1.06 bits per heavy atom. The van der Waals surface area contributed by atoms with Gasteiger partial charge in [-0.15, -0.1) is 0 Å². The SMILES string of the molecule is CC(C)C[C@@H]1NC(=O)[C@H](CCCCN=[N+]=[N-])NC(=O)[C@H](Cc2ccccc2)NC(=O)COC(=O)[C@@H]2CCCN2C(=O)[C@H](CSSC(C)(C)C)NC(=O)[C@H](Cc2ccccc2)NC(=O)[C@H](C)NC(=O)[C@H](C)N(C)C(=O)[C@H](Cc2ccccc2)N(C)C(=O)[C@H](C)N2C(=O)[C@H](CC2C)N(C)C(=O)[C@H](C)N(C)C1=O. The maximum atomic E-state index is 15.0. The van der Waals surface area contributed by atoms with Crippen LogP contribution in [0.25, 0.3) is 10.4 Å².